The lowest BCUT2D eigenvalue weighted by Gasteiger charge is -2.34. The molecule has 1 heterocycles. The Labute approximate surface area is 244 Å². The van der Waals surface area contributed by atoms with Crippen molar-refractivity contribution in [2.24, 2.45) is 0 Å². The van der Waals surface area contributed by atoms with Gasteiger partial charge in [-0.3, -0.25) is 19.1 Å². The van der Waals surface area contributed by atoms with Crippen LogP contribution < -0.4 is 10.6 Å². The fraction of sp³-hybridized carbons (Fsp3) is 0.613. The maximum absolute atomic E-state index is 14.0. The third kappa shape index (κ3) is 6.81. The number of alkyl halides is 3. The molecule has 228 valence electrons. The van der Waals surface area contributed by atoms with Crippen molar-refractivity contribution in [1.29, 1.82) is 0 Å². The average Bonchev–Trinajstić information content (AvgIpc) is 3.64. The van der Waals surface area contributed by atoms with E-state index in [1.807, 2.05) is 0 Å². The second kappa shape index (κ2) is 12.9. The van der Waals surface area contributed by atoms with Gasteiger partial charge in [0.15, 0.2) is 5.69 Å². The summed E-state index contributed by atoms with van der Waals surface area (Å²) < 4.78 is 43.4. The van der Waals surface area contributed by atoms with E-state index in [2.05, 4.69) is 15.7 Å². The number of nitrogens with zero attached hydrogens (tertiary/aromatic N) is 3. The van der Waals surface area contributed by atoms with Crippen LogP contribution in [0.5, 0.6) is 0 Å². The van der Waals surface area contributed by atoms with E-state index in [0.29, 0.717) is 0 Å². The molecule has 0 bridgehead atoms. The third-order valence-electron chi connectivity index (χ3n) is 9.08. The molecular formula is C31H40F3N5O3. The summed E-state index contributed by atoms with van der Waals surface area (Å²) >= 11 is 0. The van der Waals surface area contributed by atoms with Gasteiger partial charge in [-0.15, -0.1) is 0 Å². The lowest BCUT2D eigenvalue weighted by molar-refractivity contribution is -0.137. The van der Waals surface area contributed by atoms with E-state index in [9.17, 15) is 27.6 Å². The number of hydrogen-bond donors (Lipinski definition) is 2. The van der Waals surface area contributed by atoms with E-state index >= 15 is 0 Å². The van der Waals surface area contributed by atoms with Crippen molar-refractivity contribution in [3.8, 4) is 11.3 Å². The van der Waals surface area contributed by atoms with Gasteiger partial charge in [-0.25, -0.2) is 0 Å². The summed E-state index contributed by atoms with van der Waals surface area (Å²) in [4.78, 5) is 41.8. The lowest BCUT2D eigenvalue weighted by Crippen LogP contribution is -2.53. The molecule has 3 saturated carbocycles. The lowest BCUT2D eigenvalue weighted by atomic mass is 9.92. The Morgan fingerprint density at radius 3 is 2.29 bits per heavy atom. The Bertz CT molecular complexity index is 1280. The zero-order valence-corrected chi connectivity index (χ0v) is 24.1. The number of likely N-dealkylation sites (N-methyl/N-ethyl adjacent to an activating group) is 1. The predicted molar refractivity (Wildman–Crippen MR) is 151 cm³/mol. The van der Waals surface area contributed by atoms with Gasteiger partial charge in [0.25, 0.3) is 5.91 Å². The number of benzene rings is 1. The Morgan fingerprint density at radius 2 is 1.64 bits per heavy atom. The van der Waals surface area contributed by atoms with Gasteiger partial charge in [-0.2, -0.15) is 18.3 Å². The summed E-state index contributed by atoms with van der Waals surface area (Å²) in [5.74, 6) is -1.35. The van der Waals surface area contributed by atoms with Crippen molar-refractivity contribution in [1.82, 2.24) is 25.3 Å². The van der Waals surface area contributed by atoms with Crippen molar-refractivity contribution >= 4 is 17.7 Å². The minimum Gasteiger partial charge on any atom is -0.353 e. The Kier molecular flexibility index (Phi) is 9.22. The summed E-state index contributed by atoms with van der Waals surface area (Å²) in [5.41, 5.74) is -0.713. The topological polar surface area (TPSA) is 96.3 Å². The van der Waals surface area contributed by atoms with Gasteiger partial charge in [0.05, 0.1) is 23.7 Å². The summed E-state index contributed by atoms with van der Waals surface area (Å²) in [7, 11) is 1.71. The van der Waals surface area contributed by atoms with Crippen LogP contribution in [0, 0.1) is 0 Å². The van der Waals surface area contributed by atoms with E-state index in [1.54, 1.807) is 16.6 Å². The molecule has 3 aliphatic carbocycles. The Balaban J connectivity index is 1.42. The predicted octanol–water partition coefficient (Wildman–Crippen LogP) is 5.63. The van der Waals surface area contributed by atoms with Gasteiger partial charge in [-0.1, -0.05) is 50.3 Å². The Hall–Kier alpha value is -3.37. The number of halogens is 3. The number of nitrogens with one attached hydrogen (secondary N) is 2. The second-order valence-corrected chi connectivity index (χ2v) is 12.0. The van der Waals surface area contributed by atoms with Gasteiger partial charge < -0.3 is 15.5 Å². The summed E-state index contributed by atoms with van der Waals surface area (Å²) in [5, 5.41) is 10.2. The molecule has 0 unspecified atom stereocenters. The number of aromatic nitrogens is 2. The molecule has 3 aliphatic rings. The van der Waals surface area contributed by atoms with Crippen LogP contribution in [-0.4, -0.2) is 57.6 Å². The minimum absolute atomic E-state index is 0.0346. The molecule has 42 heavy (non-hydrogen) atoms. The molecular weight excluding hydrogens is 547 g/mol. The number of carbonyl (C=O) groups excluding carboxylic acids is 3. The second-order valence-electron chi connectivity index (χ2n) is 12.0. The summed E-state index contributed by atoms with van der Waals surface area (Å²) in [6.45, 7) is 0. The molecule has 2 aromatic rings. The zero-order chi connectivity index (χ0) is 29.9. The van der Waals surface area contributed by atoms with Crippen LogP contribution in [0.2, 0.25) is 0 Å². The maximum atomic E-state index is 14.0. The van der Waals surface area contributed by atoms with Crippen LogP contribution in [-0.2, 0) is 15.8 Å². The van der Waals surface area contributed by atoms with Gasteiger partial charge >= 0.3 is 6.18 Å². The van der Waals surface area contributed by atoms with Crippen LogP contribution in [0.3, 0.4) is 0 Å². The first kappa shape index (κ1) is 30.1. The fourth-order valence-corrected chi connectivity index (χ4v) is 6.44. The van der Waals surface area contributed by atoms with Crippen molar-refractivity contribution in [2.45, 2.75) is 114 Å². The monoisotopic (exact) mass is 587 g/mol. The first-order chi connectivity index (χ1) is 20.1. The highest BCUT2D eigenvalue weighted by atomic mass is 19.4. The molecule has 3 amide bonds. The SMILES string of the molecule is CN(C(=O)[C@@H](CC(=O)NC1CCC1)NC(=O)c1cc(-c2ccccc2C(F)(F)F)n(C2CCCC2)n1)C1CCCCC1. The summed E-state index contributed by atoms with van der Waals surface area (Å²) in [6, 6.07) is 5.53. The fourth-order valence-electron chi connectivity index (χ4n) is 6.44. The van der Waals surface area contributed by atoms with Gasteiger partial charge in [0.2, 0.25) is 11.8 Å². The highest BCUT2D eigenvalue weighted by Crippen LogP contribution is 2.40. The van der Waals surface area contributed by atoms with Crippen LogP contribution in [0.15, 0.2) is 30.3 Å². The molecule has 8 nitrogen and oxygen atoms in total. The number of amides is 3. The van der Waals surface area contributed by atoms with Crippen LogP contribution in [0.1, 0.15) is 106 Å². The van der Waals surface area contributed by atoms with Gasteiger partial charge in [0.1, 0.15) is 6.04 Å². The highest BCUT2D eigenvalue weighted by molar-refractivity contribution is 5.98. The van der Waals surface area contributed by atoms with Crippen molar-refractivity contribution in [3.63, 3.8) is 0 Å². The first-order valence-electron chi connectivity index (χ1n) is 15.2. The number of carbonyl (C=O) groups is 3. The van der Waals surface area contributed by atoms with E-state index in [4.69, 9.17) is 0 Å². The molecule has 0 radical (unpaired) electrons. The molecule has 1 aromatic heterocycles. The first-order valence-corrected chi connectivity index (χ1v) is 15.2. The largest absolute Gasteiger partial charge is 0.417 e. The highest BCUT2D eigenvalue weighted by Gasteiger charge is 2.36. The van der Waals surface area contributed by atoms with Crippen molar-refractivity contribution < 1.29 is 27.6 Å². The van der Waals surface area contributed by atoms with Crippen molar-refractivity contribution in [3.05, 3.63) is 41.6 Å². The van der Waals surface area contributed by atoms with E-state index in [0.717, 1.165) is 83.1 Å². The van der Waals surface area contributed by atoms with E-state index < -0.39 is 23.7 Å². The van der Waals surface area contributed by atoms with E-state index in [-0.39, 0.29) is 53.3 Å². The molecule has 5 rings (SSSR count). The summed E-state index contributed by atoms with van der Waals surface area (Å²) in [6.07, 6.45) is 6.24. The number of rotatable bonds is 9. The van der Waals surface area contributed by atoms with Crippen LogP contribution >= 0.6 is 0 Å². The van der Waals surface area contributed by atoms with E-state index in [1.165, 1.54) is 24.3 Å². The normalized spacial score (nSPS) is 19.2. The maximum Gasteiger partial charge on any atom is 0.417 e. The molecule has 3 fully saturated rings. The van der Waals surface area contributed by atoms with Crippen LogP contribution in [0.4, 0.5) is 13.2 Å². The van der Waals surface area contributed by atoms with Gasteiger partial charge in [0, 0.05) is 24.7 Å². The molecule has 2 N–H and O–H groups in total. The molecule has 0 saturated heterocycles. The molecule has 1 aromatic carbocycles. The standard InChI is InChI=1S/C31H40F3N5O3/c1-38(21-12-3-2-4-13-21)30(42)26(19-28(40)35-20-10-9-11-20)36-29(41)25-18-27(39(37-25)22-14-5-6-15-22)23-16-7-8-17-24(23)31(32,33)34/h7-8,16-18,20-22,26H,2-6,9-15,19H2,1H3,(H,35,40)(H,36,41)/t26-/m1/s1. The Morgan fingerprint density at radius 1 is 0.976 bits per heavy atom. The third-order valence-corrected chi connectivity index (χ3v) is 9.08. The average molecular weight is 588 g/mol. The molecule has 1 atom stereocenters. The quantitative estimate of drug-likeness (QED) is 0.397. The molecule has 11 heteroatoms. The molecule has 0 aliphatic heterocycles. The number of hydrogen-bond acceptors (Lipinski definition) is 4. The zero-order valence-electron chi connectivity index (χ0n) is 24.1. The van der Waals surface area contributed by atoms with Gasteiger partial charge in [-0.05, 0) is 57.1 Å². The van der Waals surface area contributed by atoms with Crippen molar-refractivity contribution in [2.75, 3.05) is 7.05 Å². The van der Waals surface area contributed by atoms with Crippen LogP contribution in [0.25, 0.3) is 11.3 Å². The smallest absolute Gasteiger partial charge is 0.353 e. The molecule has 0 spiro atoms. The minimum atomic E-state index is -4.58.